The van der Waals surface area contributed by atoms with Gasteiger partial charge in [-0.2, -0.15) is 0 Å². The van der Waals surface area contributed by atoms with Gasteiger partial charge in [-0.25, -0.2) is 13.2 Å². The van der Waals surface area contributed by atoms with Gasteiger partial charge in [0.25, 0.3) is 0 Å². The number of sulfone groups is 1. The van der Waals surface area contributed by atoms with Gasteiger partial charge in [0.15, 0.2) is 9.84 Å². The van der Waals surface area contributed by atoms with Crippen LogP contribution in [-0.4, -0.2) is 27.8 Å². The van der Waals surface area contributed by atoms with E-state index < -0.39 is 15.8 Å². The highest BCUT2D eigenvalue weighted by molar-refractivity contribution is 7.89. The summed E-state index contributed by atoms with van der Waals surface area (Å²) in [5.41, 5.74) is 1.91. The summed E-state index contributed by atoms with van der Waals surface area (Å²) < 4.78 is 33.2. The molecule has 0 amide bonds. The third-order valence-corrected chi connectivity index (χ3v) is 4.96. The van der Waals surface area contributed by atoms with Crippen LogP contribution in [0.2, 0.25) is 0 Å². The number of fused-ring (bicyclic) bond motifs is 1. The van der Waals surface area contributed by atoms with Crippen LogP contribution < -0.4 is 4.74 Å². The maximum Gasteiger partial charge on any atom is 0.338 e. The maximum absolute atomic E-state index is 12.2. The van der Waals surface area contributed by atoms with Crippen LogP contribution in [0.1, 0.15) is 21.5 Å². The number of benzene rings is 3. The number of esters is 1. The predicted molar refractivity (Wildman–Crippen MR) is 105 cm³/mol. The molecule has 0 saturated carbocycles. The second-order valence-corrected chi connectivity index (χ2v) is 8.53. The summed E-state index contributed by atoms with van der Waals surface area (Å²) >= 11 is 0. The minimum absolute atomic E-state index is 0.0514. The lowest BCUT2D eigenvalue weighted by Gasteiger charge is -2.08. The van der Waals surface area contributed by atoms with Gasteiger partial charge in [0.2, 0.25) is 0 Å². The monoisotopic (exact) mass is 384 g/mol. The zero-order valence-electron chi connectivity index (χ0n) is 15.1. The molecule has 3 aromatic rings. The Morgan fingerprint density at radius 1 is 0.889 bits per heavy atom. The number of rotatable bonds is 6. The molecule has 5 nitrogen and oxygen atoms in total. The first-order chi connectivity index (χ1) is 12.8. The second-order valence-electron chi connectivity index (χ2n) is 6.39. The third-order valence-electron chi connectivity index (χ3n) is 4.10. The lowest BCUT2D eigenvalue weighted by molar-refractivity contribution is 0.0473. The maximum atomic E-state index is 12.2. The lowest BCUT2D eigenvalue weighted by atomic mass is 10.1. The average Bonchev–Trinajstić information content (AvgIpc) is 2.64. The Bertz CT molecular complexity index is 1070. The van der Waals surface area contributed by atoms with Crippen molar-refractivity contribution >= 4 is 26.6 Å². The summed E-state index contributed by atoms with van der Waals surface area (Å²) in [6.45, 7) is 0.159. The Kier molecular flexibility index (Phi) is 5.46. The molecule has 0 N–H and O–H groups in total. The van der Waals surface area contributed by atoms with Crippen LogP contribution in [0.5, 0.6) is 5.75 Å². The highest BCUT2D eigenvalue weighted by Crippen LogP contribution is 2.22. The van der Waals surface area contributed by atoms with Gasteiger partial charge in [-0.05, 0) is 52.2 Å². The molecule has 3 rings (SSSR count). The molecule has 0 heterocycles. The first-order valence-electron chi connectivity index (χ1n) is 8.34. The molecule has 6 heteroatoms. The molecule has 0 saturated heterocycles. The van der Waals surface area contributed by atoms with E-state index >= 15 is 0 Å². The highest BCUT2D eigenvalue weighted by Gasteiger charge is 2.10. The third kappa shape index (κ3) is 5.08. The molecule has 0 aromatic heterocycles. The highest BCUT2D eigenvalue weighted by atomic mass is 32.2. The van der Waals surface area contributed by atoms with Crippen molar-refractivity contribution in [3.05, 3.63) is 77.4 Å². The fourth-order valence-electron chi connectivity index (χ4n) is 2.76. The van der Waals surface area contributed by atoms with Gasteiger partial charge in [0, 0.05) is 6.26 Å². The lowest BCUT2D eigenvalue weighted by Crippen LogP contribution is -2.06. The molecular formula is C21H20O5S. The standard InChI is InChI=1S/C21H20O5S/c1-25-20-10-9-18-11-16(5-8-19(18)12-20)13-26-21(22)17-6-3-15(4-7-17)14-27(2,23)24/h3-12H,13-14H2,1-2H3. The number of hydrogen-bond donors (Lipinski definition) is 0. The van der Waals surface area contributed by atoms with E-state index in [1.54, 1.807) is 31.4 Å². The minimum atomic E-state index is -3.10. The Hall–Kier alpha value is -2.86. The molecule has 0 radical (unpaired) electrons. The van der Waals surface area contributed by atoms with Crippen LogP contribution in [0, 0.1) is 0 Å². The normalized spacial score (nSPS) is 11.3. The Morgan fingerprint density at radius 3 is 2.19 bits per heavy atom. The van der Waals surface area contributed by atoms with Crippen LogP contribution >= 0.6 is 0 Å². The summed E-state index contributed by atoms with van der Waals surface area (Å²) in [5.74, 6) is 0.293. The van der Waals surface area contributed by atoms with E-state index in [4.69, 9.17) is 9.47 Å². The van der Waals surface area contributed by atoms with Crippen molar-refractivity contribution in [1.29, 1.82) is 0 Å². The largest absolute Gasteiger partial charge is 0.497 e. The number of methoxy groups -OCH3 is 1. The first kappa shape index (κ1) is 18.9. The van der Waals surface area contributed by atoms with E-state index in [-0.39, 0.29) is 12.4 Å². The zero-order valence-corrected chi connectivity index (χ0v) is 16.0. The number of ether oxygens (including phenoxy) is 2. The van der Waals surface area contributed by atoms with Crippen molar-refractivity contribution in [2.24, 2.45) is 0 Å². The average molecular weight is 384 g/mol. The van der Waals surface area contributed by atoms with Crippen LogP contribution in [0.3, 0.4) is 0 Å². The van der Waals surface area contributed by atoms with Gasteiger partial charge < -0.3 is 9.47 Å². The minimum Gasteiger partial charge on any atom is -0.497 e. The van der Waals surface area contributed by atoms with Gasteiger partial charge in [-0.3, -0.25) is 0 Å². The zero-order chi connectivity index (χ0) is 19.4. The molecule has 0 aliphatic heterocycles. The van der Waals surface area contributed by atoms with Crippen LogP contribution in [-0.2, 0) is 26.9 Å². The van der Waals surface area contributed by atoms with Gasteiger partial charge in [0.05, 0.1) is 18.4 Å². The number of hydrogen-bond acceptors (Lipinski definition) is 5. The van der Waals surface area contributed by atoms with Gasteiger partial charge in [0.1, 0.15) is 12.4 Å². The van der Waals surface area contributed by atoms with Crippen molar-refractivity contribution in [2.45, 2.75) is 12.4 Å². The van der Waals surface area contributed by atoms with Crippen molar-refractivity contribution in [1.82, 2.24) is 0 Å². The van der Waals surface area contributed by atoms with E-state index in [2.05, 4.69) is 0 Å². The van der Waals surface area contributed by atoms with E-state index in [0.29, 0.717) is 11.1 Å². The summed E-state index contributed by atoms with van der Waals surface area (Å²) in [6, 6.07) is 18.0. The second kappa shape index (κ2) is 7.80. The summed E-state index contributed by atoms with van der Waals surface area (Å²) in [6.07, 6.45) is 1.18. The molecule has 27 heavy (non-hydrogen) atoms. The molecule has 0 spiro atoms. The van der Waals surface area contributed by atoms with Crippen LogP contribution in [0.4, 0.5) is 0 Å². The van der Waals surface area contributed by atoms with Gasteiger partial charge in [-0.1, -0.05) is 30.3 Å². The Labute approximate surface area is 158 Å². The van der Waals surface area contributed by atoms with Gasteiger partial charge >= 0.3 is 5.97 Å². The van der Waals surface area contributed by atoms with Crippen molar-refractivity contribution in [2.75, 3.05) is 13.4 Å². The van der Waals surface area contributed by atoms with Crippen LogP contribution in [0.25, 0.3) is 10.8 Å². The molecule has 0 bridgehead atoms. The van der Waals surface area contributed by atoms with Crippen LogP contribution in [0.15, 0.2) is 60.7 Å². The predicted octanol–water partition coefficient (Wildman–Crippen LogP) is 3.75. The van der Waals surface area contributed by atoms with Crippen molar-refractivity contribution in [3.8, 4) is 5.75 Å². The topological polar surface area (TPSA) is 69.7 Å². The summed E-state index contributed by atoms with van der Waals surface area (Å²) in [7, 11) is -1.48. The van der Waals surface area contributed by atoms with E-state index in [1.165, 1.54) is 6.26 Å². The fourth-order valence-corrected chi connectivity index (χ4v) is 3.56. The molecular weight excluding hydrogens is 364 g/mol. The number of carbonyl (C=O) groups excluding carboxylic acids is 1. The first-order valence-corrected chi connectivity index (χ1v) is 10.4. The van der Waals surface area contributed by atoms with Gasteiger partial charge in [-0.15, -0.1) is 0 Å². The smallest absolute Gasteiger partial charge is 0.338 e. The Balaban J connectivity index is 1.65. The molecule has 140 valence electrons. The summed E-state index contributed by atoms with van der Waals surface area (Å²) in [5, 5.41) is 2.08. The number of carbonyl (C=O) groups is 1. The molecule has 0 aliphatic rings. The quantitative estimate of drug-likeness (QED) is 0.606. The molecule has 0 unspecified atom stereocenters. The van der Waals surface area contributed by atoms with E-state index in [0.717, 1.165) is 22.1 Å². The summed E-state index contributed by atoms with van der Waals surface area (Å²) in [4.78, 5) is 12.2. The van der Waals surface area contributed by atoms with E-state index in [1.807, 2.05) is 36.4 Å². The van der Waals surface area contributed by atoms with Crippen molar-refractivity contribution in [3.63, 3.8) is 0 Å². The van der Waals surface area contributed by atoms with Crippen molar-refractivity contribution < 1.29 is 22.7 Å². The molecule has 0 atom stereocenters. The fraction of sp³-hybridized carbons (Fsp3) is 0.190. The molecule has 3 aromatic carbocycles. The SMILES string of the molecule is COc1ccc2cc(COC(=O)c3ccc(CS(C)(=O)=O)cc3)ccc2c1. The molecule has 0 fully saturated rings. The van der Waals surface area contributed by atoms with E-state index in [9.17, 15) is 13.2 Å². The Morgan fingerprint density at radius 2 is 1.52 bits per heavy atom. The molecule has 0 aliphatic carbocycles.